The number of urea groups is 1. The molecule has 1 aliphatic rings. The van der Waals surface area contributed by atoms with Gasteiger partial charge >= 0.3 is 6.03 Å². The van der Waals surface area contributed by atoms with E-state index in [2.05, 4.69) is 47.6 Å². The SMILES string of the molecule is COc1ccc(C2c3[nH]c4ccc(OC)cc4c3CCN2C(=O)NCc2ccc(C)cc2)cc1. The lowest BCUT2D eigenvalue weighted by Gasteiger charge is -2.36. The van der Waals surface area contributed by atoms with Crippen LogP contribution in [0.25, 0.3) is 10.9 Å². The van der Waals surface area contributed by atoms with Gasteiger partial charge in [0.15, 0.2) is 0 Å². The van der Waals surface area contributed by atoms with Crippen LogP contribution in [0, 0.1) is 6.92 Å². The number of aryl methyl sites for hydroxylation is 1. The highest BCUT2D eigenvalue weighted by molar-refractivity contribution is 5.87. The molecule has 34 heavy (non-hydrogen) atoms. The highest BCUT2D eigenvalue weighted by Crippen LogP contribution is 2.39. The summed E-state index contributed by atoms with van der Waals surface area (Å²) in [6.07, 6.45) is 0.771. The summed E-state index contributed by atoms with van der Waals surface area (Å²) in [6.45, 7) is 3.17. The maximum absolute atomic E-state index is 13.4. The molecule has 2 amide bonds. The number of methoxy groups -OCH3 is 2. The van der Waals surface area contributed by atoms with E-state index in [1.54, 1.807) is 14.2 Å². The van der Waals surface area contributed by atoms with E-state index in [0.717, 1.165) is 45.6 Å². The van der Waals surface area contributed by atoms with E-state index >= 15 is 0 Å². The van der Waals surface area contributed by atoms with Crippen molar-refractivity contribution in [3.05, 3.63) is 94.7 Å². The predicted molar refractivity (Wildman–Crippen MR) is 134 cm³/mol. The number of hydrogen-bond acceptors (Lipinski definition) is 3. The molecular formula is C28H29N3O3. The minimum Gasteiger partial charge on any atom is -0.497 e. The van der Waals surface area contributed by atoms with Gasteiger partial charge in [-0.3, -0.25) is 0 Å². The molecule has 4 aromatic rings. The van der Waals surface area contributed by atoms with E-state index in [-0.39, 0.29) is 12.1 Å². The first-order chi connectivity index (χ1) is 16.6. The second-order valence-electron chi connectivity index (χ2n) is 8.69. The topological polar surface area (TPSA) is 66.6 Å². The Morgan fingerprint density at radius 1 is 1.00 bits per heavy atom. The molecule has 0 saturated carbocycles. The number of amides is 2. The largest absolute Gasteiger partial charge is 0.497 e. The van der Waals surface area contributed by atoms with Crippen LogP contribution in [0.15, 0.2) is 66.7 Å². The normalized spacial score (nSPS) is 15.1. The van der Waals surface area contributed by atoms with Gasteiger partial charge in [-0.05, 0) is 60.4 Å². The average Bonchev–Trinajstić information content (AvgIpc) is 3.25. The Morgan fingerprint density at radius 3 is 2.41 bits per heavy atom. The van der Waals surface area contributed by atoms with Crippen LogP contribution in [0.5, 0.6) is 11.5 Å². The molecular weight excluding hydrogens is 426 g/mol. The third kappa shape index (κ3) is 4.07. The Kier molecular flexibility index (Phi) is 5.88. The van der Waals surface area contributed by atoms with Crippen molar-refractivity contribution in [2.45, 2.75) is 25.9 Å². The fraction of sp³-hybridized carbons (Fsp3) is 0.250. The molecule has 5 rings (SSSR count). The number of carbonyl (C=O) groups excluding carboxylic acids is 1. The van der Waals surface area contributed by atoms with Crippen LogP contribution in [0.4, 0.5) is 4.79 Å². The molecule has 0 bridgehead atoms. The number of aromatic nitrogens is 1. The number of fused-ring (bicyclic) bond motifs is 3. The summed E-state index contributed by atoms with van der Waals surface area (Å²) in [5.41, 5.74) is 6.64. The van der Waals surface area contributed by atoms with Gasteiger partial charge in [-0.2, -0.15) is 0 Å². The number of ether oxygens (including phenoxy) is 2. The van der Waals surface area contributed by atoms with Crippen LogP contribution in [0.2, 0.25) is 0 Å². The van der Waals surface area contributed by atoms with Gasteiger partial charge < -0.3 is 24.7 Å². The summed E-state index contributed by atoms with van der Waals surface area (Å²) >= 11 is 0. The highest BCUT2D eigenvalue weighted by atomic mass is 16.5. The Labute approximate surface area is 199 Å². The maximum Gasteiger partial charge on any atom is 0.318 e. The molecule has 6 heteroatoms. The lowest BCUT2D eigenvalue weighted by Crippen LogP contribution is -2.45. The fourth-order valence-electron chi connectivity index (χ4n) is 4.73. The number of rotatable bonds is 5. The molecule has 6 nitrogen and oxygen atoms in total. The zero-order valence-corrected chi connectivity index (χ0v) is 19.7. The Hall–Kier alpha value is -3.93. The molecule has 0 saturated heterocycles. The summed E-state index contributed by atoms with van der Waals surface area (Å²) in [6, 6.07) is 21.9. The summed E-state index contributed by atoms with van der Waals surface area (Å²) < 4.78 is 10.8. The van der Waals surface area contributed by atoms with Crippen molar-refractivity contribution in [2.75, 3.05) is 20.8 Å². The molecule has 1 unspecified atom stereocenters. The van der Waals surface area contributed by atoms with Crippen molar-refractivity contribution in [1.29, 1.82) is 0 Å². The van der Waals surface area contributed by atoms with Crippen LogP contribution >= 0.6 is 0 Å². The Morgan fingerprint density at radius 2 is 1.71 bits per heavy atom. The Balaban J connectivity index is 1.50. The smallest absolute Gasteiger partial charge is 0.318 e. The predicted octanol–water partition coefficient (Wildman–Crippen LogP) is 5.35. The monoisotopic (exact) mass is 455 g/mol. The molecule has 1 atom stereocenters. The van der Waals surface area contributed by atoms with Gasteiger partial charge in [0.1, 0.15) is 11.5 Å². The van der Waals surface area contributed by atoms with Crippen molar-refractivity contribution in [3.63, 3.8) is 0 Å². The molecule has 174 valence electrons. The van der Waals surface area contributed by atoms with Crippen molar-refractivity contribution < 1.29 is 14.3 Å². The second-order valence-corrected chi connectivity index (χ2v) is 8.69. The maximum atomic E-state index is 13.4. The standard InChI is InChI=1S/C28H29N3O3/c1-18-4-6-19(7-5-18)17-29-28(32)31-15-14-23-24-16-22(34-3)12-13-25(24)30-26(23)27(31)20-8-10-21(33-2)11-9-20/h4-13,16,27,30H,14-15,17H2,1-3H3,(H,29,32). The Bertz CT molecular complexity index is 1310. The molecule has 2 N–H and O–H groups in total. The number of benzene rings is 3. The minimum atomic E-state index is -0.230. The van der Waals surface area contributed by atoms with Crippen LogP contribution < -0.4 is 14.8 Å². The van der Waals surface area contributed by atoms with E-state index in [9.17, 15) is 4.79 Å². The first-order valence-corrected chi connectivity index (χ1v) is 11.5. The zero-order valence-electron chi connectivity index (χ0n) is 19.7. The molecule has 0 aliphatic carbocycles. The third-order valence-electron chi connectivity index (χ3n) is 6.59. The van der Waals surface area contributed by atoms with Crippen LogP contribution in [0.3, 0.4) is 0 Å². The van der Waals surface area contributed by atoms with E-state index < -0.39 is 0 Å². The fourth-order valence-corrected chi connectivity index (χ4v) is 4.73. The highest BCUT2D eigenvalue weighted by Gasteiger charge is 2.34. The van der Waals surface area contributed by atoms with Gasteiger partial charge in [0, 0.05) is 29.7 Å². The molecule has 1 aliphatic heterocycles. The van der Waals surface area contributed by atoms with Gasteiger partial charge in [0.05, 0.1) is 20.3 Å². The minimum absolute atomic E-state index is 0.0803. The number of hydrogen-bond donors (Lipinski definition) is 2. The van der Waals surface area contributed by atoms with E-state index in [1.807, 2.05) is 41.3 Å². The second kappa shape index (κ2) is 9.14. The number of carbonyl (C=O) groups is 1. The molecule has 1 aromatic heterocycles. The van der Waals surface area contributed by atoms with Crippen LogP contribution in [0.1, 0.15) is 34.0 Å². The summed E-state index contributed by atoms with van der Waals surface area (Å²) in [4.78, 5) is 18.9. The number of nitrogens with zero attached hydrogens (tertiary/aromatic N) is 1. The van der Waals surface area contributed by atoms with Crippen molar-refractivity contribution in [3.8, 4) is 11.5 Å². The van der Waals surface area contributed by atoms with Crippen molar-refractivity contribution in [2.24, 2.45) is 0 Å². The van der Waals surface area contributed by atoms with E-state index in [4.69, 9.17) is 9.47 Å². The zero-order chi connectivity index (χ0) is 23.7. The molecule has 3 aromatic carbocycles. The first-order valence-electron chi connectivity index (χ1n) is 11.5. The van der Waals surface area contributed by atoms with Gasteiger partial charge in [0.2, 0.25) is 0 Å². The van der Waals surface area contributed by atoms with E-state index in [0.29, 0.717) is 13.1 Å². The number of nitrogens with one attached hydrogen (secondary N) is 2. The van der Waals surface area contributed by atoms with Crippen LogP contribution in [-0.2, 0) is 13.0 Å². The van der Waals surface area contributed by atoms with Gasteiger partial charge in [-0.1, -0.05) is 42.0 Å². The van der Waals surface area contributed by atoms with Gasteiger partial charge in [0.25, 0.3) is 0 Å². The number of aromatic amines is 1. The van der Waals surface area contributed by atoms with Crippen molar-refractivity contribution in [1.82, 2.24) is 15.2 Å². The molecule has 0 radical (unpaired) electrons. The molecule has 2 heterocycles. The first kappa shape index (κ1) is 21.9. The average molecular weight is 456 g/mol. The number of H-pyrrole nitrogens is 1. The summed E-state index contributed by atoms with van der Waals surface area (Å²) in [5.74, 6) is 1.62. The van der Waals surface area contributed by atoms with Crippen LogP contribution in [-0.4, -0.2) is 36.7 Å². The summed E-state index contributed by atoms with van der Waals surface area (Å²) in [5, 5.41) is 4.27. The van der Waals surface area contributed by atoms with Crippen molar-refractivity contribution >= 4 is 16.9 Å². The van der Waals surface area contributed by atoms with Gasteiger partial charge in [-0.25, -0.2) is 4.79 Å². The molecule has 0 spiro atoms. The molecule has 0 fully saturated rings. The lowest BCUT2D eigenvalue weighted by molar-refractivity contribution is 0.179. The third-order valence-corrected chi connectivity index (χ3v) is 6.59. The van der Waals surface area contributed by atoms with Gasteiger partial charge in [-0.15, -0.1) is 0 Å². The summed E-state index contributed by atoms with van der Waals surface area (Å²) in [7, 11) is 3.34. The lowest BCUT2D eigenvalue weighted by atomic mass is 9.92. The van der Waals surface area contributed by atoms with E-state index in [1.165, 1.54) is 11.1 Å². The quantitative estimate of drug-likeness (QED) is 0.426.